The molecule has 0 heterocycles. The van der Waals surface area contributed by atoms with Gasteiger partial charge in [-0.25, -0.2) is 0 Å². The highest BCUT2D eigenvalue weighted by Crippen LogP contribution is 2.26. The first-order valence-corrected chi connectivity index (χ1v) is 4.20. The number of halogens is 1. The van der Waals surface area contributed by atoms with E-state index in [1.54, 1.807) is 12.1 Å². The summed E-state index contributed by atoms with van der Waals surface area (Å²) < 4.78 is 0. The quantitative estimate of drug-likeness (QED) is 0.603. The zero-order chi connectivity index (χ0) is 9.84. The molecule has 0 bridgehead atoms. The Bertz CT molecular complexity index is 328. The van der Waals surface area contributed by atoms with Gasteiger partial charge in [0.2, 0.25) is 0 Å². The first-order chi connectivity index (χ1) is 6.15. The fraction of sp³-hybridized carbons (Fsp3) is 0.250. The number of nitrogens with zero attached hydrogens (tertiary/aromatic N) is 1. The third-order valence-electron chi connectivity index (χ3n) is 1.53. The van der Waals surface area contributed by atoms with Crippen LogP contribution in [0.2, 0.25) is 5.02 Å². The van der Waals surface area contributed by atoms with E-state index in [-0.39, 0.29) is 10.7 Å². The predicted octanol–water partition coefficient (Wildman–Crippen LogP) is 2.68. The molecule has 5 heteroatoms. The maximum atomic E-state index is 10.4. The molecule has 0 unspecified atom stereocenters. The summed E-state index contributed by atoms with van der Waals surface area (Å²) in [5.41, 5.74) is 0.724. The lowest BCUT2D eigenvalue weighted by Gasteiger charge is -2.02. The Balaban J connectivity index is 2.98. The van der Waals surface area contributed by atoms with Gasteiger partial charge in [-0.3, -0.25) is 10.1 Å². The lowest BCUT2D eigenvalue weighted by molar-refractivity contribution is -0.384. The molecule has 0 spiro atoms. The zero-order valence-corrected chi connectivity index (χ0v) is 7.84. The summed E-state index contributed by atoms with van der Waals surface area (Å²) in [5, 5.41) is 13.6. The Morgan fingerprint density at radius 3 is 2.77 bits per heavy atom. The van der Waals surface area contributed by atoms with Gasteiger partial charge in [-0.1, -0.05) is 11.6 Å². The van der Waals surface area contributed by atoms with Crippen molar-refractivity contribution in [2.45, 2.75) is 6.92 Å². The molecular weight excluding hydrogens is 192 g/mol. The Hall–Kier alpha value is -1.29. The van der Waals surface area contributed by atoms with Crippen LogP contribution >= 0.6 is 11.6 Å². The molecule has 0 saturated heterocycles. The highest BCUT2D eigenvalue weighted by Gasteiger charge is 2.11. The number of nitrogens with one attached hydrogen (secondary N) is 1. The fourth-order valence-corrected chi connectivity index (χ4v) is 1.22. The summed E-state index contributed by atoms with van der Waals surface area (Å²) >= 11 is 5.68. The van der Waals surface area contributed by atoms with Gasteiger partial charge in [0.15, 0.2) is 0 Å². The monoisotopic (exact) mass is 200 g/mol. The van der Waals surface area contributed by atoms with E-state index >= 15 is 0 Å². The van der Waals surface area contributed by atoms with Gasteiger partial charge in [0.25, 0.3) is 5.69 Å². The topological polar surface area (TPSA) is 55.2 Å². The van der Waals surface area contributed by atoms with Crippen molar-refractivity contribution in [2.24, 2.45) is 0 Å². The molecule has 0 aliphatic rings. The third kappa shape index (κ3) is 2.32. The van der Waals surface area contributed by atoms with Crippen molar-refractivity contribution in [2.75, 3.05) is 11.9 Å². The Morgan fingerprint density at radius 1 is 1.62 bits per heavy atom. The molecule has 0 amide bonds. The van der Waals surface area contributed by atoms with Crippen molar-refractivity contribution in [3.8, 4) is 0 Å². The van der Waals surface area contributed by atoms with E-state index in [2.05, 4.69) is 5.32 Å². The van der Waals surface area contributed by atoms with Gasteiger partial charge in [0, 0.05) is 18.3 Å². The van der Waals surface area contributed by atoms with Gasteiger partial charge < -0.3 is 5.32 Å². The maximum absolute atomic E-state index is 10.4. The summed E-state index contributed by atoms with van der Waals surface area (Å²) in [5.74, 6) is 0. The van der Waals surface area contributed by atoms with E-state index in [1.807, 2.05) is 6.92 Å². The van der Waals surface area contributed by atoms with Crippen molar-refractivity contribution in [3.05, 3.63) is 33.3 Å². The summed E-state index contributed by atoms with van der Waals surface area (Å²) in [7, 11) is 0. The molecule has 0 saturated carbocycles. The largest absolute Gasteiger partial charge is 0.385 e. The van der Waals surface area contributed by atoms with Crippen molar-refractivity contribution in [1.82, 2.24) is 0 Å². The van der Waals surface area contributed by atoms with Crippen LogP contribution in [0.4, 0.5) is 11.4 Å². The van der Waals surface area contributed by atoms with Gasteiger partial charge >= 0.3 is 0 Å². The van der Waals surface area contributed by atoms with E-state index in [0.717, 1.165) is 12.2 Å². The summed E-state index contributed by atoms with van der Waals surface area (Å²) in [4.78, 5) is 9.89. The average Bonchev–Trinajstić information content (AvgIpc) is 2.04. The van der Waals surface area contributed by atoms with Crippen LogP contribution in [0, 0.1) is 10.1 Å². The van der Waals surface area contributed by atoms with Crippen LogP contribution < -0.4 is 5.32 Å². The lowest BCUT2D eigenvalue weighted by atomic mass is 10.3. The molecule has 1 aromatic rings. The van der Waals surface area contributed by atoms with Crippen molar-refractivity contribution in [1.29, 1.82) is 0 Å². The molecule has 0 radical (unpaired) electrons. The second-order valence-corrected chi connectivity index (χ2v) is 2.86. The predicted molar refractivity (Wildman–Crippen MR) is 52.3 cm³/mol. The molecule has 0 atom stereocenters. The minimum absolute atomic E-state index is 0.0664. The molecule has 1 N–H and O–H groups in total. The minimum atomic E-state index is -0.502. The van der Waals surface area contributed by atoms with E-state index in [0.29, 0.717) is 0 Å². The zero-order valence-electron chi connectivity index (χ0n) is 7.08. The molecule has 0 fully saturated rings. The Kier molecular flexibility index (Phi) is 3.08. The molecule has 70 valence electrons. The number of rotatable bonds is 3. The van der Waals surface area contributed by atoms with E-state index in [9.17, 15) is 10.1 Å². The van der Waals surface area contributed by atoms with Crippen molar-refractivity contribution >= 4 is 23.0 Å². The Morgan fingerprint density at radius 2 is 2.31 bits per heavy atom. The van der Waals surface area contributed by atoms with Crippen LogP contribution in [-0.4, -0.2) is 11.5 Å². The van der Waals surface area contributed by atoms with Crippen LogP contribution in [0.1, 0.15) is 6.92 Å². The second kappa shape index (κ2) is 4.09. The third-order valence-corrected chi connectivity index (χ3v) is 1.83. The normalized spacial score (nSPS) is 9.69. The Labute approximate surface area is 80.7 Å². The molecule has 0 aromatic heterocycles. The van der Waals surface area contributed by atoms with Gasteiger partial charge in [-0.15, -0.1) is 0 Å². The number of anilines is 1. The standard InChI is InChI=1S/C8H9ClN2O2/c1-2-10-6-3-4-8(11(12)13)7(9)5-6/h3-5,10H,2H2,1H3. The van der Waals surface area contributed by atoms with Crippen LogP contribution in [-0.2, 0) is 0 Å². The molecule has 4 nitrogen and oxygen atoms in total. The number of benzene rings is 1. The highest BCUT2D eigenvalue weighted by atomic mass is 35.5. The van der Waals surface area contributed by atoms with Gasteiger partial charge in [0.05, 0.1) is 4.92 Å². The first-order valence-electron chi connectivity index (χ1n) is 3.83. The van der Waals surface area contributed by atoms with Gasteiger partial charge in [-0.2, -0.15) is 0 Å². The van der Waals surface area contributed by atoms with Crippen LogP contribution in [0.25, 0.3) is 0 Å². The number of hydrogen-bond donors (Lipinski definition) is 1. The smallest absolute Gasteiger partial charge is 0.288 e. The first kappa shape index (κ1) is 9.80. The number of nitro benzene ring substituents is 1. The molecule has 0 aliphatic carbocycles. The summed E-state index contributed by atoms with van der Waals surface area (Å²) in [6, 6.07) is 4.57. The second-order valence-electron chi connectivity index (χ2n) is 2.45. The van der Waals surface area contributed by atoms with Crippen LogP contribution in [0.15, 0.2) is 18.2 Å². The average molecular weight is 201 g/mol. The molecule has 0 aliphatic heterocycles. The van der Waals surface area contributed by atoms with Gasteiger partial charge in [-0.05, 0) is 19.1 Å². The fourth-order valence-electron chi connectivity index (χ4n) is 0.969. The molecular formula is C8H9ClN2O2. The summed E-state index contributed by atoms with van der Waals surface area (Å²) in [6.07, 6.45) is 0. The van der Waals surface area contributed by atoms with E-state index < -0.39 is 4.92 Å². The molecule has 1 rings (SSSR count). The number of hydrogen-bond acceptors (Lipinski definition) is 3. The van der Waals surface area contributed by atoms with E-state index in [4.69, 9.17) is 11.6 Å². The molecule has 13 heavy (non-hydrogen) atoms. The van der Waals surface area contributed by atoms with Crippen LogP contribution in [0.3, 0.4) is 0 Å². The van der Waals surface area contributed by atoms with Gasteiger partial charge in [0.1, 0.15) is 5.02 Å². The number of nitro groups is 1. The minimum Gasteiger partial charge on any atom is -0.385 e. The summed E-state index contributed by atoms with van der Waals surface area (Å²) in [6.45, 7) is 2.70. The maximum Gasteiger partial charge on any atom is 0.288 e. The molecule has 1 aromatic carbocycles. The van der Waals surface area contributed by atoms with Crippen molar-refractivity contribution in [3.63, 3.8) is 0 Å². The van der Waals surface area contributed by atoms with E-state index in [1.165, 1.54) is 6.07 Å². The van der Waals surface area contributed by atoms with Crippen LogP contribution in [0.5, 0.6) is 0 Å². The highest BCUT2D eigenvalue weighted by molar-refractivity contribution is 6.32. The lowest BCUT2D eigenvalue weighted by Crippen LogP contribution is -1.97. The van der Waals surface area contributed by atoms with Crippen molar-refractivity contribution < 1.29 is 4.92 Å². The SMILES string of the molecule is CCNc1ccc([N+](=O)[O-])c(Cl)c1.